The van der Waals surface area contributed by atoms with E-state index >= 15 is 0 Å². The van der Waals surface area contributed by atoms with Gasteiger partial charge in [0.15, 0.2) is 0 Å². The van der Waals surface area contributed by atoms with Crippen molar-refractivity contribution in [2.75, 3.05) is 6.61 Å². The number of fused-ring (bicyclic) bond motifs is 1. The molecule has 5 amide bonds. The first-order valence-corrected chi connectivity index (χ1v) is 16.3. The third-order valence-corrected chi connectivity index (χ3v) is 9.83. The van der Waals surface area contributed by atoms with Gasteiger partial charge in [-0.3, -0.25) is 38.9 Å². The number of halogens is 1. The lowest BCUT2D eigenvalue weighted by atomic mass is 9.49. The van der Waals surface area contributed by atoms with Crippen molar-refractivity contribution in [3.05, 3.63) is 76.1 Å². The number of piperidine rings is 1. The monoisotopic (exact) mass is 686 g/mol. The molecule has 2 fully saturated rings. The zero-order valence-corrected chi connectivity index (χ0v) is 28.2. The van der Waals surface area contributed by atoms with Crippen LogP contribution in [0.4, 0.5) is 0 Å². The van der Waals surface area contributed by atoms with Gasteiger partial charge in [-0.05, 0) is 42.8 Å². The molecule has 1 aliphatic carbocycles. The Balaban J connectivity index is 0.999. The van der Waals surface area contributed by atoms with Gasteiger partial charge in [0.1, 0.15) is 35.4 Å². The lowest BCUT2D eigenvalue weighted by Crippen LogP contribution is -2.74. The smallest absolute Gasteiger partial charge is 0.272 e. The molecule has 3 aromatic rings. The van der Waals surface area contributed by atoms with Crippen LogP contribution in [0.15, 0.2) is 48.7 Å². The molecule has 1 atom stereocenters. The predicted octanol–water partition coefficient (Wildman–Crippen LogP) is 3.89. The predicted molar refractivity (Wildman–Crippen MR) is 175 cm³/mol. The molecule has 2 N–H and O–H groups in total. The fraction of sp³-hybridized carbons (Fsp3) is 0.400. The summed E-state index contributed by atoms with van der Waals surface area (Å²) in [5.74, 6) is -1.63. The molecule has 2 aliphatic heterocycles. The van der Waals surface area contributed by atoms with Crippen LogP contribution in [0, 0.1) is 22.2 Å². The number of carbonyl (C=O) groups excluding carboxylic acids is 5. The highest BCUT2D eigenvalue weighted by Crippen LogP contribution is 2.55. The molecule has 2 aromatic carbocycles. The summed E-state index contributed by atoms with van der Waals surface area (Å²) in [4.78, 5) is 63.9. The van der Waals surface area contributed by atoms with Gasteiger partial charge >= 0.3 is 0 Å². The highest BCUT2D eigenvalue weighted by atomic mass is 35.5. The number of aryl methyl sites for hydroxylation is 1. The van der Waals surface area contributed by atoms with E-state index in [-0.39, 0.29) is 54.3 Å². The second-order valence-corrected chi connectivity index (χ2v) is 14.0. The molecule has 49 heavy (non-hydrogen) atoms. The third-order valence-electron chi connectivity index (χ3n) is 9.51. The standard InChI is InChI=1S/C35H35ClN6O7/c1-34(2)32(35(3,4)33(34)49-21-7-6-19(18-37)24(36)17-21)39-28(44)25-12-14-41(40-25)13-5-15-48-20-8-9-22-23(16-20)31(47)42(30(22)46)26-10-11-27(43)38-29(26)45/h6-9,12,14,16-17,26,32-33H,5,10-11,13,15H2,1-4H3,(H,39,44)(H,38,43,45)/t26?,32-,33-. The Bertz CT molecular complexity index is 1910. The van der Waals surface area contributed by atoms with E-state index in [2.05, 4.69) is 15.7 Å². The van der Waals surface area contributed by atoms with E-state index in [1.54, 1.807) is 41.2 Å². The first kappa shape index (κ1) is 33.7. The molecular formula is C35H35ClN6O7. The van der Waals surface area contributed by atoms with Crippen molar-refractivity contribution < 1.29 is 33.4 Å². The summed E-state index contributed by atoms with van der Waals surface area (Å²) in [5.41, 5.74) is 0.131. The first-order chi connectivity index (χ1) is 23.2. The van der Waals surface area contributed by atoms with Crippen LogP contribution in [0.5, 0.6) is 11.5 Å². The zero-order chi connectivity index (χ0) is 35.2. The summed E-state index contributed by atoms with van der Waals surface area (Å²) < 4.78 is 13.8. The summed E-state index contributed by atoms with van der Waals surface area (Å²) in [6.45, 7) is 8.85. The Hall–Kier alpha value is -5.22. The van der Waals surface area contributed by atoms with Gasteiger partial charge in [0.25, 0.3) is 17.7 Å². The Kier molecular flexibility index (Phi) is 8.70. The number of ether oxygens (including phenoxy) is 2. The molecule has 1 unspecified atom stereocenters. The Morgan fingerprint density at radius 3 is 2.45 bits per heavy atom. The summed E-state index contributed by atoms with van der Waals surface area (Å²) in [6.07, 6.45) is 2.15. The SMILES string of the molecule is CC1(C)[C@H](NC(=O)c2ccn(CCCOc3ccc4c(c3)C(=O)N(C3CCC(=O)NC3=O)C4=O)n2)C(C)(C)[C@H]1Oc1ccc(C#N)c(Cl)c1. The van der Waals surface area contributed by atoms with E-state index in [1.165, 1.54) is 12.1 Å². The average molecular weight is 687 g/mol. The Morgan fingerprint density at radius 2 is 1.76 bits per heavy atom. The quantitative estimate of drug-likeness (QED) is 0.237. The molecule has 3 heterocycles. The van der Waals surface area contributed by atoms with E-state index in [4.69, 9.17) is 26.3 Å². The Labute approximate surface area is 287 Å². The van der Waals surface area contributed by atoms with E-state index in [0.717, 1.165) is 4.90 Å². The normalized spacial score (nSPS) is 22.1. The number of benzene rings is 2. The molecule has 0 spiro atoms. The molecule has 6 rings (SSSR count). The summed E-state index contributed by atoms with van der Waals surface area (Å²) in [5, 5.41) is 19.2. The summed E-state index contributed by atoms with van der Waals surface area (Å²) in [6, 6.07) is 12.0. The van der Waals surface area contributed by atoms with Crippen molar-refractivity contribution in [1.29, 1.82) is 5.26 Å². The average Bonchev–Trinajstić information content (AvgIpc) is 3.63. The topological polar surface area (TPSA) is 173 Å². The molecule has 0 bridgehead atoms. The number of amides is 5. The van der Waals surface area contributed by atoms with Gasteiger partial charge in [-0.2, -0.15) is 10.4 Å². The molecule has 3 aliphatic rings. The second-order valence-electron chi connectivity index (χ2n) is 13.6. The second kappa shape index (κ2) is 12.7. The highest BCUT2D eigenvalue weighted by molar-refractivity contribution is 6.31. The number of aromatic nitrogens is 2. The Morgan fingerprint density at radius 1 is 1.04 bits per heavy atom. The maximum Gasteiger partial charge on any atom is 0.272 e. The van der Waals surface area contributed by atoms with Crippen molar-refractivity contribution >= 4 is 41.1 Å². The van der Waals surface area contributed by atoms with Gasteiger partial charge in [-0.15, -0.1) is 0 Å². The van der Waals surface area contributed by atoms with Gasteiger partial charge < -0.3 is 14.8 Å². The number of nitrogens with zero attached hydrogens (tertiary/aromatic N) is 4. The molecule has 13 nitrogen and oxygen atoms in total. The van der Waals surface area contributed by atoms with Gasteiger partial charge in [-0.1, -0.05) is 39.3 Å². The van der Waals surface area contributed by atoms with Crippen molar-refractivity contribution in [1.82, 2.24) is 25.3 Å². The minimum Gasteiger partial charge on any atom is -0.494 e. The number of nitriles is 1. The fourth-order valence-electron chi connectivity index (χ4n) is 7.36. The third kappa shape index (κ3) is 6.12. The van der Waals surface area contributed by atoms with Crippen molar-refractivity contribution in [3.63, 3.8) is 0 Å². The van der Waals surface area contributed by atoms with Crippen LogP contribution in [-0.4, -0.2) is 69.0 Å². The minimum absolute atomic E-state index is 0.0473. The van der Waals surface area contributed by atoms with E-state index in [1.807, 2.05) is 33.8 Å². The molecular weight excluding hydrogens is 652 g/mol. The molecule has 1 saturated heterocycles. The first-order valence-electron chi connectivity index (χ1n) is 15.9. The summed E-state index contributed by atoms with van der Waals surface area (Å²) in [7, 11) is 0. The molecule has 1 saturated carbocycles. The number of rotatable bonds is 10. The van der Waals surface area contributed by atoms with Crippen LogP contribution in [0.25, 0.3) is 0 Å². The van der Waals surface area contributed by atoms with Crippen LogP contribution in [0.1, 0.15) is 83.7 Å². The lowest BCUT2D eigenvalue weighted by Gasteiger charge is -2.63. The number of hydrogen-bond acceptors (Lipinski definition) is 9. The van der Waals surface area contributed by atoms with E-state index < -0.39 is 40.5 Å². The van der Waals surface area contributed by atoms with Crippen molar-refractivity contribution in [2.24, 2.45) is 10.8 Å². The van der Waals surface area contributed by atoms with Gasteiger partial charge in [0.05, 0.1) is 28.3 Å². The van der Waals surface area contributed by atoms with Crippen molar-refractivity contribution in [3.8, 4) is 17.6 Å². The van der Waals surface area contributed by atoms with E-state index in [0.29, 0.717) is 35.1 Å². The number of hydrogen-bond donors (Lipinski definition) is 2. The number of carbonyl (C=O) groups is 5. The maximum atomic E-state index is 13.2. The summed E-state index contributed by atoms with van der Waals surface area (Å²) >= 11 is 6.20. The molecule has 254 valence electrons. The van der Waals surface area contributed by atoms with Crippen LogP contribution < -0.4 is 20.1 Å². The van der Waals surface area contributed by atoms with Gasteiger partial charge in [0.2, 0.25) is 11.8 Å². The lowest BCUT2D eigenvalue weighted by molar-refractivity contribution is -0.164. The minimum atomic E-state index is -1.03. The van der Waals surface area contributed by atoms with E-state index in [9.17, 15) is 24.0 Å². The zero-order valence-electron chi connectivity index (χ0n) is 27.4. The van der Waals surface area contributed by atoms with Crippen LogP contribution in [0.2, 0.25) is 5.02 Å². The maximum absolute atomic E-state index is 13.2. The molecule has 1 aromatic heterocycles. The number of imide groups is 2. The fourth-order valence-corrected chi connectivity index (χ4v) is 7.58. The highest BCUT2D eigenvalue weighted by Gasteiger charge is 2.64. The van der Waals surface area contributed by atoms with Crippen LogP contribution in [-0.2, 0) is 16.1 Å². The van der Waals surface area contributed by atoms with Crippen molar-refractivity contribution in [2.45, 2.75) is 71.7 Å². The molecule has 14 heteroatoms. The van der Waals surface area contributed by atoms with Crippen LogP contribution >= 0.6 is 11.6 Å². The molecule has 0 radical (unpaired) electrons. The van der Waals surface area contributed by atoms with Gasteiger partial charge in [-0.25, -0.2) is 0 Å². The number of nitrogens with one attached hydrogen (secondary N) is 2. The largest absolute Gasteiger partial charge is 0.494 e. The van der Waals surface area contributed by atoms with Gasteiger partial charge in [0, 0.05) is 48.5 Å². The van der Waals surface area contributed by atoms with Crippen LogP contribution in [0.3, 0.4) is 0 Å².